The van der Waals surface area contributed by atoms with Crippen LogP contribution in [0.1, 0.15) is 29.9 Å². The molecule has 1 atom stereocenters. The minimum absolute atomic E-state index is 0.163. The molecule has 0 bridgehead atoms. The second-order valence-corrected chi connectivity index (χ2v) is 6.39. The minimum atomic E-state index is -2.77. The topological polar surface area (TPSA) is 84.2 Å². The highest BCUT2D eigenvalue weighted by molar-refractivity contribution is 7.99. The lowest BCUT2D eigenvalue weighted by Gasteiger charge is -2.24. The zero-order valence-corrected chi connectivity index (χ0v) is 13.0. The van der Waals surface area contributed by atoms with Gasteiger partial charge in [-0.25, -0.2) is 9.48 Å². The summed E-state index contributed by atoms with van der Waals surface area (Å²) in [6.07, 6.45) is 0.192. The SMILES string of the molecule is Cc1nn(C(F)F)c(C)c1CC(=O)NC1(C(=O)O)CCSC1. The molecule has 2 N–H and O–H groups in total. The number of alkyl halides is 2. The number of nitrogens with zero attached hydrogens (tertiary/aromatic N) is 2. The molecule has 122 valence electrons. The van der Waals surface area contributed by atoms with Crippen molar-refractivity contribution in [2.75, 3.05) is 11.5 Å². The second kappa shape index (κ2) is 6.23. The standard InChI is InChI=1S/C13H17F2N3O3S/c1-7-9(8(2)18(17-7)12(14)15)5-10(19)16-13(11(20)21)3-4-22-6-13/h12H,3-6H2,1-2H3,(H,16,19)(H,20,21). The Labute approximate surface area is 130 Å². The van der Waals surface area contributed by atoms with Gasteiger partial charge in [-0.1, -0.05) is 0 Å². The van der Waals surface area contributed by atoms with Gasteiger partial charge in [0.25, 0.3) is 0 Å². The Morgan fingerprint density at radius 2 is 2.18 bits per heavy atom. The first-order valence-corrected chi connectivity index (χ1v) is 7.87. The molecule has 1 aliphatic heterocycles. The number of aliphatic carboxylic acids is 1. The number of hydrogen-bond acceptors (Lipinski definition) is 4. The van der Waals surface area contributed by atoms with Gasteiger partial charge in [-0.2, -0.15) is 25.6 Å². The Bertz CT molecular complexity index is 598. The van der Waals surface area contributed by atoms with Crippen LogP contribution < -0.4 is 5.32 Å². The first kappa shape index (κ1) is 16.7. The third-order valence-corrected chi connectivity index (χ3v) is 5.00. The monoisotopic (exact) mass is 333 g/mol. The van der Waals surface area contributed by atoms with Crippen molar-refractivity contribution >= 4 is 23.6 Å². The normalized spacial score (nSPS) is 21.3. The number of halogens is 2. The van der Waals surface area contributed by atoms with Gasteiger partial charge >= 0.3 is 12.5 Å². The number of carbonyl (C=O) groups excluding carboxylic acids is 1. The molecule has 0 aliphatic carbocycles. The maximum atomic E-state index is 12.8. The number of thioether (sulfide) groups is 1. The molecular formula is C13H17F2N3O3S. The Hall–Kier alpha value is -1.64. The zero-order chi connectivity index (χ0) is 16.5. The van der Waals surface area contributed by atoms with E-state index in [1.807, 2.05) is 0 Å². The summed E-state index contributed by atoms with van der Waals surface area (Å²) in [5.41, 5.74) is -0.294. The van der Waals surface area contributed by atoms with Crippen LogP contribution in [0.2, 0.25) is 0 Å². The molecule has 1 fully saturated rings. The summed E-state index contributed by atoms with van der Waals surface area (Å²) in [6.45, 7) is 0.243. The van der Waals surface area contributed by atoms with Crippen molar-refractivity contribution in [1.82, 2.24) is 15.1 Å². The van der Waals surface area contributed by atoms with Crippen LogP contribution in [0.25, 0.3) is 0 Å². The van der Waals surface area contributed by atoms with Crippen molar-refractivity contribution in [3.05, 3.63) is 17.0 Å². The molecule has 1 amide bonds. The molecule has 0 radical (unpaired) electrons. The van der Waals surface area contributed by atoms with Crippen LogP contribution in [-0.2, 0) is 16.0 Å². The number of aryl methyl sites for hydroxylation is 1. The molecule has 1 unspecified atom stereocenters. The zero-order valence-electron chi connectivity index (χ0n) is 12.2. The molecule has 1 aromatic rings. The van der Waals surface area contributed by atoms with Gasteiger partial charge in [-0.15, -0.1) is 0 Å². The summed E-state index contributed by atoms with van der Waals surface area (Å²) >= 11 is 1.46. The van der Waals surface area contributed by atoms with E-state index in [9.17, 15) is 23.5 Å². The fourth-order valence-electron chi connectivity index (χ4n) is 2.50. The van der Waals surface area contributed by atoms with Crippen LogP contribution in [0.3, 0.4) is 0 Å². The molecule has 0 aromatic carbocycles. The van der Waals surface area contributed by atoms with Crippen molar-refractivity contribution in [2.45, 2.75) is 38.8 Å². The molecule has 1 aromatic heterocycles. The molecule has 0 spiro atoms. The van der Waals surface area contributed by atoms with Crippen molar-refractivity contribution in [2.24, 2.45) is 0 Å². The van der Waals surface area contributed by atoms with E-state index < -0.39 is 24.0 Å². The number of hydrogen-bond donors (Lipinski definition) is 2. The van der Waals surface area contributed by atoms with E-state index in [1.165, 1.54) is 18.7 Å². The lowest BCUT2D eigenvalue weighted by molar-refractivity contribution is -0.146. The van der Waals surface area contributed by atoms with Gasteiger partial charge < -0.3 is 10.4 Å². The third kappa shape index (κ3) is 3.08. The Balaban J connectivity index is 2.14. The van der Waals surface area contributed by atoms with Crippen molar-refractivity contribution in [3.63, 3.8) is 0 Å². The van der Waals surface area contributed by atoms with Crippen molar-refractivity contribution in [1.29, 1.82) is 0 Å². The minimum Gasteiger partial charge on any atom is -0.479 e. The van der Waals surface area contributed by atoms with E-state index in [2.05, 4.69) is 10.4 Å². The van der Waals surface area contributed by atoms with Crippen LogP contribution in [-0.4, -0.2) is 43.8 Å². The van der Waals surface area contributed by atoms with Crippen LogP contribution in [0.15, 0.2) is 0 Å². The summed E-state index contributed by atoms with van der Waals surface area (Å²) < 4.78 is 26.1. The highest BCUT2D eigenvalue weighted by Crippen LogP contribution is 2.28. The molecule has 2 rings (SSSR count). The molecule has 2 heterocycles. The highest BCUT2D eigenvalue weighted by atomic mass is 32.2. The number of carboxylic acid groups (broad SMARTS) is 1. The van der Waals surface area contributed by atoms with E-state index >= 15 is 0 Å². The second-order valence-electron chi connectivity index (χ2n) is 5.29. The lowest BCUT2D eigenvalue weighted by atomic mass is 9.98. The third-order valence-electron chi connectivity index (χ3n) is 3.81. The fourth-order valence-corrected chi connectivity index (χ4v) is 3.83. The van der Waals surface area contributed by atoms with Crippen LogP contribution in [0, 0.1) is 13.8 Å². The number of carboxylic acids is 1. The van der Waals surface area contributed by atoms with E-state index in [0.717, 1.165) is 0 Å². The fraction of sp³-hybridized carbons (Fsp3) is 0.615. The first-order valence-electron chi connectivity index (χ1n) is 6.72. The number of rotatable bonds is 5. The molecule has 0 saturated carbocycles. The smallest absolute Gasteiger partial charge is 0.333 e. The van der Waals surface area contributed by atoms with E-state index in [0.29, 0.717) is 33.9 Å². The quantitative estimate of drug-likeness (QED) is 0.853. The molecule has 1 saturated heterocycles. The van der Waals surface area contributed by atoms with E-state index in [1.54, 1.807) is 6.92 Å². The number of amides is 1. The maximum Gasteiger partial charge on any atom is 0.333 e. The lowest BCUT2D eigenvalue weighted by Crippen LogP contribution is -2.55. The summed E-state index contributed by atoms with van der Waals surface area (Å²) in [5.74, 6) is -0.594. The first-order chi connectivity index (χ1) is 10.3. The molecule has 22 heavy (non-hydrogen) atoms. The average molecular weight is 333 g/mol. The highest BCUT2D eigenvalue weighted by Gasteiger charge is 2.43. The average Bonchev–Trinajstić information content (AvgIpc) is 2.99. The maximum absolute atomic E-state index is 12.8. The predicted molar refractivity (Wildman–Crippen MR) is 77.1 cm³/mol. The van der Waals surface area contributed by atoms with Gasteiger partial charge in [-0.3, -0.25) is 4.79 Å². The molecule has 1 aliphatic rings. The van der Waals surface area contributed by atoms with Crippen molar-refractivity contribution in [3.8, 4) is 0 Å². The predicted octanol–water partition coefficient (Wildman–Crippen LogP) is 1.51. The van der Waals surface area contributed by atoms with Gasteiger partial charge in [0, 0.05) is 17.0 Å². The molecule has 6 nitrogen and oxygen atoms in total. The van der Waals surface area contributed by atoms with Crippen molar-refractivity contribution < 1.29 is 23.5 Å². The van der Waals surface area contributed by atoms with Crippen LogP contribution >= 0.6 is 11.8 Å². The molecular weight excluding hydrogens is 316 g/mol. The van der Waals surface area contributed by atoms with E-state index in [4.69, 9.17) is 0 Å². The van der Waals surface area contributed by atoms with Gasteiger partial charge in [0.2, 0.25) is 5.91 Å². The van der Waals surface area contributed by atoms with Crippen LogP contribution in [0.4, 0.5) is 8.78 Å². The largest absolute Gasteiger partial charge is 0.479 e. The number of carbonyl (C=O) groups is 2. The van der Waals surface area contributed by atoms with Gasteiger partial charge in [0.1, 0.15) is 5.54 Å². The Kier molecular flexibility index (Phi) is 4.74. The van der Waals surface area contributed by atoms with Gasteiger partial charge in [0.05, 0.1) is 12.1 Å². The number of nitrogens with one attached hydrogen (secondary N) is 1. The number of aromatic nitrogens is 2. The molecule has 9 heteroatoms. The summed E-state index contributed by atoms with van der Waals surface area (Å²) in [6, 6.07) is 0. The summed E-state index contributed by atoms with van der Waals surface area (Å²) in [4.78, 5) is 23.5. The summed E-state index contributed by atoms with van der Waals surface area (Å²) in [7, 11) is 0. The van der Waals surface area contributed by atoms with E-state index in [-0.39, 0.29) is 12.1 Å². The van der Waals surface area contributed by atoms with Gasteiger partial charge in [-0.05, 0) is 26.0 Å². The van der Waals surface area contributed by atoms with Crippen LogP contribution in [0.5, 0.6) is 0 Å². The Morgan fingerprint density at radius 3 is 2.64 bits per heavy atom. The summed E-state index contributed by atoms with van der Waals surface area (Å²) in [5, 5.41) is 15.6. The van der Waals surface area contributed by atoms with Gasteiger partial charge in [0.15, 0.2) is 0 Å². The Morgan fingerprint density at radius 1 is 1.50 bits per heavy atom.